The fourth-order valence-corrected chi connectivity index (χ4v) is 3.66. The van der Waals surface area contributed by atoms with Crippen molar-refractivity contribution >= 4 is 11.8 Å². The van der Waals surface area contributed by atoms with Gasteiger partial charge < -0.3 is 14.0 Å². The molecular formula is C25H23N3O4. The summed E-state index contributed by atoms with van der Waals surface area (Å²) in [5.41, 5.74) is 3.98. The first-order chi connectivity index (χ1) is 15.5. The Labute approximate surface area is 185 Å². The highest BCUT2D eigenvalue weighted by atomic mass is 16.5. The Morgan fingerprint density at radius 1 is 0.938 bits per heavy atom. The second-order valence-electron chi connectivity index (χ2n) is 7.28. The first kappa shape index (κ1) is 21.1. The van der Waals surface area contributed by atoms with Crippen LogP contribution in [-0.2, 0) is 4.74 Å². The van der Waals surface area contributed by atoms with E-state index in [1.807, 2.05) is 85.1 Å². The quantitative estimate of drug-likeness (QED) is 0.323. The molecule has 0 amide bonds. The molecule has 0 saturated heterocycles. The van der Waals surface area contributed by atoms with Gasteiger partial charge in [0.05, 0.1) is 19.0 Å². The maximum atomic E-state index is 12.8. The summed E-state index contributed by atoms with van der Waals surface area (Å²) in [5.74, 6) is -0.731. The molecule has 2 aromatic heterocycles. The molecule has 0 bridgehead atoms. The van der Waals surface area contributed by atoms with Gasteiger partial charge in [0.25, 0.3) is 0 Å². The summed E-state index contributed by atoms with van der Waals surface area (Å²) in [7, 11) is 1.45. The van der Waals surface area contributed by atoms with Gasteiger partial charge in [-0.3, -0.25) is 4.79 Å². The van der Waals surface area contributed by atoms with E-state index in [1.54, 1.807) is 6.20 Å². The minimum Gasteiger partial charge on any atom is -0.493 e. The van der Waals surface area contributed by atoms with Crippen LogP contribution >= 0.6 is 0 Å². The lowest BCUT2D eigenvalue weighted by molar-refractivity contribution is 0.0465. The largest absolute Gasteiger partial charge is 0.493 e. The number of carbonyl (C=O) groups is 2. The molecule has 162 valence electrons. The van der Waals surface area contributed by atoms with Gasteiger partial charge in [0.2, 0.25) is 11.5 Å². The molecule has 0 radical (unpaired) electrons. The van der Waals surface area contributed by atoms with Crippen molar-refractivity contribution < 1.29 is 19.1 Å². The van der Waals surface area contributed by atoms with Gasteiger partial charge in [-0.2, -0.15) is 5.10 Å². The molecule has 2 aromatic carbocycles. The van der Waals surface area contributed by atoms with E-state index in [0.29, 0.717) is 5.56 Å². The average molecular weight is 429 g/mol. The molecule has 0 fully saturated rings. The Balaban J connectivity index is 1.51. The van der Waals surface area contributed by atoms with Crippen molar-refractivity contribution in [3.63, 3.8) is 0 Å². The van der Waals surface area contributed by atoms with E-state index in [0.717, 1.165) is 22.8 Å². The first-order valence-electron chi connectivity index (χ1n) is 10.1. The van der Waals surface area contributed by atoms with Crippen LogP contribution in [0.5, 0.6) is 5.75 Å². The predicted molar refractivity (Wildman–Crippen MR) is 120 cm³/mol. The van der Waals surface area contributed by atoms with Crippen molar-refractivity contribution in [2.24, 2.45) is 0 Å². The van der Waals surface area contributed by atoms with Gasteiger partial charge in [-0.15, -0.1) is 0 Å². The third kappa shape index (κ3) is 4.05. The Bertz CT molecular complexity index is 1260. The zero-order valence-electron chi connectivity index (χ0n) is 18.1. The highest BCUT2D eigenvalue weighted by Gasteiger charge is 2.23. The maximum absolute atomic E-state index is 12.8. The average Bonchev–Trinajstić information content (AvgIpc) is 3.39. The Hall–Kier alpha value is -4.13. The number of Topliss-reactive ketones (excluding diaryl/α,β-unsaturated/α-hetero) is 1. The van der Waals surface area contributed by atoms with Crippen molar-refractivity contribution in [1.29, 1.82) is 0 Å². The number of benzene rings is 2. The lowest BCUT2D eigenvalue weighted by Gasteiger charge is -2.09. The highest BCUT2D eigenvalue weighted by Crippen LogP contribution is 2.23. The number of esters is 1. The van der Waals surface area contributed by atoms with E-state index >= 15 is 0 Å². The zero-order chi connectivity index (χ0) is 22.7. The van der Waals surface area contributed by atoms with E-state index in [-0.39, 0.29) is 23.8 Å². The van der Waals surface area contributed by atoms with E-state index in [2.05, 4.69) is 5.10 Å². The number of ether oxygens (including phenoxy) is 2. The summed E-state index contributed by atoms with van der Waals surface area (Å²) in [6.45, 7) is 3.42. The molecule has 0 aliphatic carbocycles. The van der Waals surface area contributed by atoms with E-state index < -0.39 is 5.97 Å². The summed E-state index contributed by atoms with van der Waals surface area (Å²) < 4.78 is 14.1. The monoisotopic (exact) mass is 429 g/mol. The smallest absolute Gasteiger partial charge is 0.363 e. The second-order valence-corrected chi connectivity index (χ2v) is 7.28. The van der Waals surface area contributed by atoms with Crippen LogP contribution in [0.3, 0.4) is 0 Å². The van der Waals surface area contributed by atoms with Crippen molar-refractivity contribution in [3.8, 4) is 17.1 Å². The van der Waals surface area contributed by atoms with E-state index in [4.69, 9.17) is 9.47 Å². The van der Waals surface area contributed by atoms with Gasteiger partial charge >= 0.3 is 5.97 Å². The lowest BCUT2D eigenvalue weighted by atomic mass is 10.1. The number of aryl methyl sites for hydroxylation is 1. The van der Waals surface area contributed by atoms with Gasteiger partial charge in [0, 0.05) is 22.6 Å². The topological polar surface area (TPSA) is 75.4 Å². The van der Waals surface area contributed by atoms with Gasteiger partial charge in [0.1, 0.15) is 0 Å². The SMILES string of the molecule is COc1cn(-c2ccccc2)nc1C(=O)OCC(=O)c1cc(C)n(-c2ccccc2)c1C. The molecule has 7 heteroatoms. The van der Waals surface area contributed by atoms with Crippen molar-refractivity contribution in [2.75, 3.05) is 13.7 Å². The number of hydrogen-bond acceptors (Lipinski definition) is 5. The van der Waals surface area contributed by atoms with Gasteiger partial charge in [0.15, 0.2) is 12.4 Å². The summed E-state index contributed by atoms with van der Waals surface area (Å²) in [5, 5.41) is 4.28. The molecule has 7 nitrogen and oxygen atoms in total. The summed E-state index contributed by atoms with van der Waals surface area (Å²) in [4.78, 5) is 25.5. The number of nitrogens with zero attached hydrogens (tertiary/aromatic N) is 3. The predicted octanol–water partition coefficient (Wildman–Crippen LogP) is 4.33. The molecule has 4 aromatic rings. The van der Waals surface area contributed by atoms with Crippen LogP contribution in [-0.4, -0.2) is 39.8 Å². The van der Waals surface area contributed by atoms with Crippen LogP contribution in [0.4, 0.5) is 0 Å². The Morgan fingerprint density at radius 3 is 2.19 bits per heavy atom. The molecule has 0 aliphatic heterocycles. The third-order valence-electron chi connectivity index (χ3n) is 5.19. The number of ketones is 1. The molecule has 2 heterocycles. The number of para-hydroxylation sites is 2. The number of carbonyl (C=O) groups excluding carboxylic acids is 2. The highest BCUT2D eigenvalue weighted by molar-refractivity contribution is 6.00. The standard InChI is InChI=1S/C25H23N3O4/c1-17-14-21(18(2)28(17)20-12-8-5-9-13-20)22(29)16-32-25(30)24-23(31-3)15-27(26-24)19-10-6-4-7-11-19/h4-15H,16H2,1-3H3. The van der Waals surface area contributed by atoms with Crippen LogP contribution in [0.2, 0.25) is 0 Å². The van der Waals surface area contributed by atoms with Crippen LogP contribution in [0.25, 0.3) is 11.4 Å². The Morgan fingerprint density at radius 2 is 1.56 bits per heavy atom. The minimum absolute atomic E-state index is 0.0129. The van der Waals surface area contributed by atoms with Gasteiger partial charge in [-0.25, -0.2) is 9.48 Å². The first-order valence-corrected chi connectivity index (χ1v) is 10.1. The lowest BCUT2D eigenvalue weighted by Crippen LogP contribution is -2.16. The van der Waals surface area contributed by atoms with Gasteiger partial charge in [-0.05, 0) is 44.2 Å². The number of aromatic nitrogens is 3. The molecule has 0 spiro atoms. The Kier molecular flexibility index (Phi) is 5.89. The van der Waals surface area contributed by atoms with E-state index in [1.165, 1.54) is 11.8 Å². The molecule has 0 saturated carbocycles. The van der Waals surface area contributed by atoms with Crippen molar-refractivity contribution in [3.05, 3.63) is 95.6 Å². The minimum atomic E-state index is -0.721. The van der Waals surface area contributed by atoms with Crippen LogP contribution in [0.15, 0.2) is 72.9 Å². The van der Waals surface area contributed by atoms with Crippen LogP contribution in [0.1, 0.15) is 32.2 Å². The zero-order valence-corrected chi connectivity index (χ0v) is 18.1. The normalized spacial score (nSPS) is 10.7. The summed E-state index contributed by atoms with van der Waals surface area (Å²) >= 11 is 0. The number of rotatable bonds is 7. The van der Waals surface area contributed by atoms with E-state index in [9.17, 15) is 9.59 Å². The number of methoxy groups -OCH3 is 1. The third-order valence-corrected chi connectivity index (χ3v) is 5.19. The molecular weight excluding hydrogens is 406 g/mol. The molecule has 32 heavy (non-hydrogen) atoms. The molecule has 4 rings (SSSR count). The van der Waals surface area contributed by atoms with Crippen LogP contribution < -0.4 is 4.74 Å². The van der Waals surface area contributed by atoms with Gasteiger partial charge in [-0.1, -0.05) is 36.4 Å². The maximum Gasteiger partial charge on any atom is 0.363 e. The second kappa shape index (κ2) is 8.93. The van der Waals surface area contributed by atoms with Crippen LogP contribution in [0, 0.1) is 13.8 Å². The summed E-state index contributed by atoms with van der Waals surface area (Å²) in [6.07, 6.45) is 1.60. The number of hydrogen-bond donors (Lipinski definition) is 0. The molecule has 0 aliphatic rings. The molecule has 0 N–H and O–H groups in total. The van der Waals surface area contributed by atoms with Crippen molar-refractivity contribution in [1.82, 2.24) is 14.3 Å². The fourth-order valence-electron chi connectivity index (χ4n) is 3.66. The fraction of sp³-hybridized carbons (Fsp3) is 0.160. The summed E-state index contributed by atoms with van der Waals surface area (Å²) in [6, 6.07) is 20.9. The van der Waals surface area contributed by atoms with Crippen molar-refractivity contribution in [2.45, 2.75) is 13.8 Å². The molecule has 0 unspecified atom stereocenters. The molecule has 0 atom stereocenters.